The number of carbonyl (C=O) groups is 8. The van der Waals surface area contributed by atoms with Crippen molar-refractivity contribution in [2.24, 2.45) is 0 Å². The standard InChI is InChI=1S/C35H59NO10.2C17H29NO5/c1-4-32(37)14-7-10-20-41-24-28-45-29-26-43-22-12-9-16-34(39)17-19-36(35(40)6-3)18-13-23-44-27-31-46-30-25-42-21-11-8-15-33(38)5-2;2*1-3-16(19)8-5-6-10-21-12-14-23-15-13-22-11-7-9-18-17(20)4-2/h4-6H,1-3,7-31H2;2*3-4H,1-2,5-15H2,(H,18,20). The number of Topliss-reactive ketones (excluding diaryl/α,β-unsaturated/α-hetero) is 1. The topological polar surface area (TPSA) is 275 Å². The molecule has 0 aliphatic carbocycles. The van der Waals surface area contributed by atoms with Gasteiger partial charge in [-0.15, -0.1) is 0 Å². The van der Waals surface area contributed by atoms with Crippen LogP contribution in [-0.2, 0) is 95.2 Å². The molecule has 0 bridgehead atoms. The first kappa shape index (κ1) is 90.7. The van der Waals surface area contributed by atoms with Gasteiger partial charge in [0.05, 0.1) is 106 Å². The number of amides is 3. The normalized spacial score (nSPS) is 10.6. The second kappa shape index (κ2) is 76.2. The number of carbonyl (C=O) groups excluding carboxylic acids is 8. The summed E-state index contributed by atoms with van der Waals surface area (Å²) in [6.07, 6.45) is 22.4. The van der Waals surface area contributed by atoms with Crippen molar-refractivity contribution >= 4 is 46.6 Å². The lowest BCUT2D eigenvalue weighted by atomic mass is 10.1. The first-order chi connectivity index (χ1) is 44.8. The fraction of sp³-hybridized carbons (Fsp3) is 0.681. The van der Waals surface area contributed by atoms with Crippen LogP contribution in [0.5, 0.6) is 0 Å². The highest BCUT2D eigenvalue weighted by molar-refractivity contribution is 5.90. The molecule has 528 valence electrons. The van der Waals surface area contributed by atoms with Gasteiger partial charge in [0.1, 0.15) is 5.78 Å². The Kier molecular flexibility index (Phi) is 75.1. The van der Waals surface area contributed by atoms with E-state index in [9.17, 15) is 38.4 Å². The molecule has 0 rings (SSSR count). The van der Waals surface area contributed by atoms with E-state index in [-0.39, 0.29) is 46.6 Å². The van der Waals surface area contributed by atoms with Gasteiger partial charge in [0, 0.05) is 118 Å². The van der Waals surface area contributed by atoms with Crippen LogP contribution in [0, 0.1) is 0 Å². The average Bonchev–Trinajstić information content (AvgIpc) is 3.74. The van der Waals surface area contributed by atoms with E-state index in [0.29, 0.717) is 230 Å². The highest BCUT2D eigenvalue weighted by atomic mass is 16.6. The Labute approximate surface area is 550 Å². The molecule has 23 heteroatoms. The summed E-state index contributed by atoms with van der Waals surface area (Å²) >= 11 is 0. The van der Waals surface area contributed by atoms with Gasteiger partial charge >= 0.3 is 0 Å². The Bertz CT molecular complexity index is 1790. The molecule has 0 radical (unpaired) electrons. The van der Waals surface area contributed by atoms with Gasteiger partial charge in [0.25, 0.3) is 0 Å². The Morgan fingerprint density at radius 2 is 0.489 bits per heavy atom. The monoisotopic (exact) mass is 1310 g/mol. The van der Waals surface area contributed by atoms with Gasteiger partial charge < -0.3 is 72.4 Å². The van der Waals surface area contributed by atoms with Crippen LogP contribution in [0.1, 0.15) is 122 Å². The van der Waals surface area contributed by atoms with Crippen molar-refractivity contribution < 1.29 is 95.2 Å². The zero-order chi connectivity index (χ0) is 68.3. The quantitative estimate of drug-likeness (QED) is 0.0434. The van der Waals surface area contributed by atoms with Crippen molar-refractivity contribution in [1.82, 2.24) is 15.5 Å². The van der Waals surface area contributed by atoms with E-state index in [1.54, 1.807) is 4.90 Å². The number of unbranched alkanes of at least 4 members (excludes halogenated alkanes) is 5. The first-order valence-corrected chi connectivity index (χ1v) is 32.6. The molecule has 0 unspecified atom stereocenters. The molecule has 0 saturated carbocycles. The number of allylic oxidation sites excluding steroid dienone is 4. The molecule has 0 aliphatic rings. The van der Waals surface area contributed by atoms with Gasteiger partial charge in [0.15, 0.2) is 23.1 Å². The first-order valence-electron chi connectivity index (χ1n) is 32.6. The van der Waals surface area contributed by atoms with E-state index < -0.39 is 0 Å². The minimum Gasteiger partial charge on any atom is -0.379 e. The lowest BCUT2D eigenvalue weighted by Gasteiger charge is -2.21. The maximum atomic E-state index is 12.3. The molecule has 92 heavy (non-hydrogen) atoms. The third kappa shape index (κ3) is 75.2. The van der Waals surface area contributed by atoms with Crippen LogP contribution in [0.15, 0.2) is 88.6 Å². The average molecular weight is 1310 g/mol. The fourth-order valence-corrected chi connectivity index (χ4v) is 7.23. The lowest BCUT2D eigenvalue weighted by Crippen LogP contribution is -2.33. The van der Waals surface area contributed by atoms with E-state index in [0.717, 1.165) is 77.0 Å². The summed E-state index contributed by atoms with van der Waals surface area (Å²) in [5.74, 6) is -0.118. The van der Waals surface area contributed by atoms with Crippen LogP contribution in [0.25, 0.3) is 0 Å². The molecule has 0 atom stereocenters. The highest BCUT2D eigenvalue weighted by Gasteiger charge is 2.13. The Balaban J connectivity index is -0.00000144. The predicted molar refractivity (Wildman–Crippen MR) is 357 cm³/mol. The van der Waals surface area contributed by atoms with Crippen LogP contribution >= 0.6 is 0 Å². The third-order valence-electron chi connectivity index (χ3n) is 12.5. The molecule has 0 fully saturated rings. The molecule has 0 aromatic rings. The minimum absolute atomic E-state index is 0.0597. The molecule has 23 nitrogen and oxygen atoms in total. The van der Waals surface area contributed by atoms with Crippen molar-refractivity contribution in [3.8, 4) is 0 Å². The number of hydrogen-bond acceptors (Lipinski definition) is 20. The van der Waals surface area contributed by atoms with Gasteiger partial charge in [0.2, 0.25) is 17.7 Å². The summed E-state index contributed by atoms with van der Waals surface area (Å²) in [7, 11) is 0. The van der Waals surface area contributed by atoms with Crippen molar-refractivity contribution in [3.63, 3.8) is 0 Å². The number of nitrogens with zero attached hydrogens (tertiary/aromatic N) is 1. The van der Waals surface area contributed by atoms with Gasteiger partial charge in [-0.3, -0.25) is 38.4 Å². The van der Waals surface area contributed by atoms with Gasteiger partial charge in [-0.2, -0.15) is 0 Å². The Morgan fingerprint density at radius 3 is 0.739 bits per heavy atom. The Hall–Kier alpha value is -5.54. The fourth-order valence-electron chi connectivity index (χ4n) is 7.23. The summed E-state index contributed by atoms with van der Waals surface area (Å²) < 4.78 is 65.2. The summed E-state index contributed by atoms with van der Waals surface area (Å²) in [6.45, 7) is 38.9. The summed E-state index contributed by atoms with van der Waals surface area (Å²) in [6, 6.07) is 0. The maximum Gasteiger partial charge on any atom is 0.245 e. The van der Waals surface area contributed by atoms with Crippen molar-refractivity contribution in [2.45, 2.75) is 122 Å². The van der Waals surface area contributed by atoms with Crippen molar-refractivity contribution in [2.75, 3.05) is 185 Å². The van der Waals surface area contributed by atoms with Crippen LogP contribution < -0.4 is 10.6 Å². The van der Waals surface area contributed by atoms with Gasteiger partial charge in [-0.25, -0.2) is 0 Å². The minimum atomic E-state index is -0.192. The molecule has 2 N–H and O–H groups in total. The largest absolute Gasteiger partial charge is 0.379 e. The number of rotatable bonds is 71. The summed E-state index contributed by atoms with van der Waals surface area (Å²) in [5, 5.41) is 5.35. The molecule has 0 aromatic carbocycles. The summed E-state index contributed by atoms with van der Waals surface area (Å²) in [4.78, 5) is 92.0. The van der Waals surface area contributed by atoms with E-state index in [2.05, 4.69) is 56.7 Å². The zero-order valence-electron chi connectivity index (χ0n) is 55.8. The molecule has 0 aromatic heterocycles. The van der Waals surface area contributed by atoms with Crippen LogP contribution in [0.2, 0.25) is 0 Å². The highest BCUT2D eigenvalue weighted by Crippen LogP contribution is 2.05. The summed E-state index contributed by atoms with van der Waals surface area (Å²) in [5.41, 5.74) is 0. The van der Waals surface area contributed by atoms with E-state index in [4.69, 9.17) is 56.8 Å². The molecule has 0 heterocycles. The van der Waals surface area contributed by atoms with E-state index in [1.807, 2.05) is 0 Å². The van der Waals surface area contributed by atoms with E-state index >= 15 is 0 Å². The molecule has 3 amide bonds. The maximum absolute atomic E-state index is 12.3. The molecular weight excluding hydrogens is 1190 g/mol. The zero-order valence-corrected chi connectivity index (χ0v) is 55.8. The molecule has 0 saturated heterocycles. The van der Waals surface area contributed by atoms with Crippen LogP contribution in [0.3, 0.4) is 0 Å². The predicted octanol–water partition coefficient (Wildman–Crippen LogP) is 7.78. The Morgan fingerprint density at radius 1 is 0.250 bits per heavy atom. The SMILES string of the molecule is C=CC(=O)CCCCOCCOCCOCCCCC(=O)CCN(CCCOCCOCCOCCCCC(=O)C=C)C(=O)C=C.C=CC(=O)CCCCOCCOCCOCCCNC(=O)C=C.C=CC(=O)CCCCOCCOCCOCCCNC(=O)C=C. The number of ketones is 5. The van der Waals surface area contributed by atoms with Crippen LogP contribution in [0.4, 0.5) is 0 Å². The van der Waals surface area contributed by atoms with E-state index in [1.165, 1.54) is 42.5 Å². The molecular formula is C69H117N3O20. The number of hydrogen-bond donors (Lipinski definition) is 2. The molecule has 0 aliphatic heterocycles. The number of nitrogens with one attached hydrogen (secondary N) is 2. The lowest BCUT2D eigenvalue weighted by molar-refractivity contribution is -0.127. The van der Waals surface area contributed by atoms with Crippen molar-refractivity contribution in [3.05, 3.63) is 88.6 Å². The van der Waals surface area contributed by atoms with Gasteiger partial charge in [-0.05, 0) is 126 Å². The third-order valence-corrected chi connectivity index (χ3v) is 12.5. The smallest absolute Gasteiger partial charge is 0.245 e. The van der Waals surface area contributed by atoms with Crippen LogP contribution in [-0.4, -0.2) is 236 Å². The van der Waals surface area contributed by atoms with Crippen molar-refractivity contribution in [1.29, 1.82) is 0 Å². The number of ether oxygens (including phenoxy) is 12. The van der Waals surface area contributed by atoms with Gasteiger partial charge in [-0.1, -0.05) is 46.1 Å². The second-order valence-corrected chi connectivity index (χ2v) is 20.2. The second-order valence-electron chi connectivity index (χ2n) is 20.2. The molecule has 0 spiro atoms.